The quantitative estimate of drug-likeness (QED) is 0.0116. The topological polar surface area (TPSA) is 445 Å². The molecular weight excluding hydrogens is 1340 g/mol. The average molecular weight is 1420 g/mol. The molecule has 3 heterocycles. The van der Waals surface area contributed by atoms with Gasteiger partial charge >= 0.3 is 36.2 Å². The Hall–Kier alpha value is -7.65. The lowest BCUT2D eigenvalue weighted by Crippen LogP contribution is -2.53. The zero-order valence-corrected chi connectivity index (χ0v) is 54.6. The van der Waals surface area contributed by atoms with Gasteiger partial charge in [0, 0.05) is 116 Å². The number of rotatable bonds is 30. The lowest BCUT2D eigenvalue weighted by atomic mass is 10.1. The van der Waals surface area contributed by atoms with Crippen molar-refractivity contribution in [3.63, 3.8) is 0 Å². The summed E-state index contributed by atoms with van der Waals surface area (Å²) in [6.45, 7) is 9.39. The summed E-state index contributed by atoms with van der Waals surface area (Å²) in [4.78, 5) is 133. The summed E-state index contributed by atoms with van der Waals surface area (Å²) in [5, 5.41) is 35.2. The van der Waals surface area contributed by atoms with Gasteiger partial charge in [0.05, 0.1) is 74.7 Å². The number of anilines is 1. The number of H-pyrrole nitrogens is 1. The van der Waals surface area contributed by atoms with Crippen molar-refractivity contribution >= 4 is 79.3 Å². The van der Waals surface area contributed by atoms with Gasteiger partial charge in [-0.3, -0.25) is 48.4 Å². The predicted octanol–water partition coefficient (Wildman–Crippen LogP) is 1.46. The number of aliphatic carboxylic acids is 3. The fraction of sp³-hybridized carbons (Fsp3) is 0.545. The normalized spacial score (nSPS) is 15.0. The molecular formula is C55H80F6N12O21S2. The summed E-state index contributed by atoms with van der Waals surface area (Å²) in [7, 11) is -4.61. The Morgan fingerprint density at radius 1 is 0.719 bits per heavy atom. The Labute approximate surface area is 547 Å². The molecule has 2 aromatic carbocycles. The van der Waals surface area contributed by atoms with Crippen LogP contribution in [0.4, 0.5) is 32.3 Å². The summed E-state index contributed by atoms with van der Waals surface area (Å²) in [6, 6.07) is 4.73. The number of amides is 3. The smallest absolute Gasteiger partial charge is 0.480 e. The van der Waals surface area contributed by atoms with Gasteiger partial charge in [-0.1, -0.05) is 23.8 Å². The standard InChI is InChI=1S/C51H78N12O17S2.2C2HF3O2/c1-35-26-36(2)47(37(3)27-35)82(74,75)58-41(50(69)70)30-55-48(67)40-31-63(43-28-38(8-9-39(43)46(40)66)29-56-51-53-11-12-54-51)13-7-10-52-49(68)42(34-81(71,72)73)57-44(64)32-61-18-16-59(22-24-79-77-5)14-15-60(23-25-80-78-6)17-19-62(21-20-61)33-45(65)76-4;2*3-2(4,5)1(6)7/h8-9,11-12,26-28,31,41-42,58,71-73H,7,10,13-25,29-30,32-34H2,1-6H3,(H,52,68)(H,55,67)(H,57,64)(H,69,70)(H2,53,54,56);2*(H,6,7)/t41-,42-;;/m0../s1. The number of carbonyl (C=O) groups is 7. The van der Waals surface area contributed by atoms with Crippen LogP contribution < -0.4 is 31.4 Å². The number of nitrogens with one attached hydrogen (secondary N) is 6. The highest BCUT2D eigenvalue weighted by molar-refractivity contribution is 8.19. The fourth-order valence-electron chi connectivity index (χ4n) is 9.27. The number of ether oxygens (including phenoxy) is 1. The van der Waals surface area contributed by atoms with Gasteiger partial charge in [-0.2, -0.15) is 31.1 Å². The van der Waals surface area contributed by atoms with Crippen LogP contribution in [0.3, 0.4) is 0 Å². The number of imidazole rings is 1. The van der Waals surface area contributed by atoms with Gasteiger partial charge in [0.1, 0.15) is 17.6 Å². The molecule has 41 heteroatoms. The minimum atomic E-state index is -5.08. The summed E-state index contributed by atoms with van der Waals surface area (Å²) in [5.74, 6) is -10.5. The molecule has 0 bridgehead atoms. The lowest BCUT2D eigenvalue weighted by Gasteiger charge is -2.34. The third kappa shape index (κ3) is 29.8. The van der Waals surface area contributed by atoms with E-state index in [4.69, 9.17) is 44.1 Å². The minimum Gasteiger partial charge on any atom is -0.480 e. The van der Waals surface area contributed by atoms with Crippen molar-refractivity contribution in [1.82, 2.24) is 54.8 Å². The number of halogens is 6. The number of aryl methyl sites for hydroxylation is 4. The molecule has 0 radical (unpaired) electrons. The van der Waals surface area contributed by atoms with Crippen molar-refractivity contribution in [3.05, 3.63) is 87.0 Å². The zero-order valence-electron chi connectivity index (χ0n) is 53.0. The first kappa shape index (κ1) is 82.6. The summed E-state index contributed by atoms with van der Waals surface area (Å²) in [5.41, 5.74) is 1.56. The Kier molecular flexibility index (Phi) is 34.0. The highest BCUT2D eigenvalue weighted by Crippen LogP contribution is 2.33. The fourth-order valence-corrected chi connectivity index (χ4v) is 11.6. The maximum absolute atomic E-state index is 14.0. The van der Waals surface area contributed by atoms with Crippen LogP contribution in [0.1, 0.15) is 39.0 Å². The third-order valence-corrected chi connectivity index (χ3v) is 16.3. The van der Waals surface area contributed by atoms with Crippen LogP contribution in [-0.2, 0) is 76.2 Å². The predicted molar refractivity (Wildman–Crippen MR) is 330 cm³/mol. The average Bonchev–Trinajstić information content (AvgIpc) is 0.896. The van der Waals surface area contributed by atoms with Gasteiger partial charge in [-0.05, 0) is 56.0 Å². The molecule has 2 atom stereocenters. The van der Waals surface area contributed by atoms with E-state index in [2.05, 4.69) is 45.8 Å². The van der Waals surface area contributed by atoms with Crippen molar-refractivity contribution < 1.29 is 122 Å². The number of fused-ring (bicyclic) bond motifs is 1. The molecule has 0 saturated carbocycles. The minimum absolute atomic E-state index is 0.0195. The molecule has 2 aromatic heterocycles. The van der Waals surface area contributed by atoms with E-state index in [-0.39, 0.29) is 62.6 Å². The number of alkyl halides is 6. The summed E-state index contributed by atoms with van der Waals surface area (Å²) < 4.78 is 130. The Balaban J connectivity index is 0.00000154. The molecule has 12 N–H and O–H groups in total. The molecule has 3 amide bonds. The van der Waals surface area contributed by atoms with E-state index in [0.717, 1.165) is 5.56 Å². The number of hydrogen-bond acceptors (Lipinski definition) is 24. The van der Waals surface area contributed by atoms with Crippen LogP contribution in [0.2, 0.25) is 0 Å². The first-order valence-electron chi connectivity index (χ1n) is 28.8. The number of carboxylic acids is 3. The second kappa shape index (κ2) is 39.5. The number of carboxylic acid groups (broad SMARTS) is 3. The summed E-state index contributed by atoms with van der Waals surface area (Å²) >= 11 is 0. The van der Waals surface area contributed by atoms with Crippen LogP contribution in [0.25, 0.3) is 10.9 Å². The number of esters is 1. The van der Waals surface area contributed by atoms with E-state index in [1.54, 1.807) is 62.0 Å². The Bertz CT molecular complexity index is 3340. The second-order valence-electron chi connectivity index (χ2n) is 21.1. The molecule has 5 rings (SSSR count). The van der Waals surface area contributed by atoms with Crippen molar-refractivity contribution in [3.8, 4) is 0 Å². The molecule has 96 heavy (non-hydrogen) atoms. The molecule has 33 nitrogen and oxygen atoms in total. The second-order valence-corrected chi connectivity index (χ2v) is 24.4. The van der Waals surface area contributed by atoms with Crippen LogP contribution in [0, 0.1) is 20.8 Å². The molecule has 0 unspecified atom stereocenters. The summed E-state index contributed by atoms with van der Waals surface area (Å²) in [6.07, 6.45) is -5.58. The van der Waals surface area contributed by atoms with Gasteiger partial charge in [0.25, 0.3) is 5.91 Å². The highest BCUT2D eigenvalue weighted by Gasteiger charge is 2.39. The van der Waals surface area contributed by atoms with E-state index >= 15 is 0 Å². The number of carbonyl (C=O) groups excluding carboxylic acids is 4. The molecule has 1 fully saturated rings. The largest absolute Gasteiger partial charge is 0.490 e. The number of nitrogens with zero attached hydrogens (tertiary/aromatic N) is 6. The molecule has 0 aliphatic carbocycles. The van der Waals surface area contributed by atoms with Crippen molar-refractivity contribution in [2.24, 2.45) is 0 Å². The number of pyridine rings is 1. The van der Waals surface area contributed by atoms with Crippen molar-refractivity contribution in [1.29, 1.82) is 0 Å². The number of benzene rings is 2. The Morgan fingerprint density at radius 3 is 1.71 bits per heavy atom. The highest BCUT2D eigenvalue weighted by atomic mass is 32.3. The van der Waals surface area contributed by atoms with Gasteiger partial charge in [0.15, 0.2) is 5.95 Å². The van der Waals surface area contributed by atoms with E-state index in [9.17, 15) is 82.3 Å². The molecule has 540 valence electrons. The van der Waals surface area contributed by atoms with Gasteiger partial charge in [-0.25, -0.2) is 42.5 Å². The number of methoxy groups -OCH3 is 1. The van der Waals surface area contributed by atoms with Crippen LogP contribution in [0.15, 0.2) is 58.6 Å². The first-order chi connectivity index (χ1) is 44.9. The number of aromatic nitrogens is 3. The van der Waals surface area contributed by atoms with Crippen LogP contribution in [-0.4, -0.2) is 269 Å². The van der Waals surface area contributed by atoms with E-state index in [1.807, 2.05) is 9.80 Å². The maximum Gasteiger partial charge on any atom is 0.490 e. The monoisotopic (exact) mass is 1420 g/mol. The first-order valence-corrected chi connectivity index (χ1v) is 32.0. The van der Waals surface area contributed by atoms with Crippen molar-refractivity contribution in [2.45, 2.75) is 69.6 Å². The SMILES string of the molecule is COOCCN1CCN(CCOOC)CCN(CC(=O)OC)CCN(CC(=O)N[C@@H](CS(O)(O)O)C(=O)NCCCn2cc(C(=O)NC[C@H](NS(=O)(=O)c3c(C)cc(C)cc3C)C(=O)O)c(=O)c3ccc(CNc4ncc[nH]4)cc32)CC1.O=C(O)C(F)(F)F.O=C(O)C(F)(F)F. The molecule has 1 aliphatic heterocycles. The third-order valence-electron chi connectivity index (χ3n) is 13.8. The van der Waals surface area contributed by atoms with E-state index in [0.29, 0.717) is 93.7 Å². The Morgan fingerprint density at radius 2 is 1.24 bits per heavy atom. The van der Waals surface area contributed by atoms with Gasteiger partial charge in [0.2, 0.25) is 27.3 Å². The van der Waals surface area contributed by atoms with Crippen molar-refractivity contribution in [2.75, 3.05) is 137 Å². The molecule has 4 aromatic rings. The maximum atomic E-state index is 14.0. The number of aromatic amines is 1. The van der Waals surface area contributed by atoms with E-state index < -0.39 is 110 Å². The van der Waals surface area contributed by atoms with Crippen LogP contribution >= 0.6 is 10.9 Å². The van der Waals surface area contributed by atoms with Crippen LogP contribution in [0.5, 0.6) is 0 Å². The molecule has 1 aliphatic rings. The molecule has 1 saturated heterocycles. The molecule has 0 spiro atoms. The van der Waals surface area contributed by atoms with E-state index in [1.165, 1.54) is 33.6 Å². The lowest BCUT2D eigenvalue weighted by molar-refractivity contribution is -0.274. The van der Waals surface area contributed by atoms with Gasteiger partial charge < -0.3 is 64.5 Å². The van der Waals surface area contributed by atoms with Gasteiger partial charge in [-0.15, -0.1) is 0 Å². The zero-order chi connectivity index (χ0) is 72.1. The number of hydrogen-bond donors (Lipinski definition) is 12. The number of sulfonamides is 1.